The number of aliphatic hydroxyl groups excluding tert-OH is 1. The lowest BCUT2D eigenvalue weighted by atomic mass is 10.1. The van der Waals surface area contributed by atoms with E-state index in [2.05, 4.69) is 65.1 Å². The van der Waals surface area contributed by atoms with Crippen LogP contribution in [0.3, 0.4) is 0 Å². The maximum Gasteiger partial charge on any atom is 0.199 e. The molecule has 2 N–H and O–H groups in total. The van der Waals surface area contributed by atoms with Gasteiger partial charge in [-0.2, -0.15) is 0 Å². The number of hydrogen-bond acceptors (Lipinski definition) is 6. The molecule has 1 fully saturated rings. The summed E-state index contributed by atoms with van der Waals surface area (Å²) in [6, 6.07) is 8.77. The highest BCUT2D eigenvalue weighted by Crippen LogP contribution is 2.42. The van der Waals surface area contributed by atoms with Crippen LogP contribution in [0.1, 0.15) is 48.7 Å². The summed E-state index contributed by atoms with van der Waals surface area (Å²) >= 11 is 9.94. The molecule has 1 saturated carbocycles. The molecule has 4 atom stereocenters. The first kappa shape index (κ1) is 29.9. The van der Waals surface area contributed by atoms with E-state index < -0.39 is 26.6 Å². The van der Waals surface area contributed by atoms with Crippen LogP contribution in [0.25, 0.3) is 0 Å². The molecule has 0 bridgehead atoms. The van der Waals surface area contributed by atoms with Crippen LogP contribution in [-0.4, -0.2) is 58.7 Å². The molecule has 0 unspecified atom stereocenters. The van der Waals surface area contributed by atoms with Crippen LogP contribution >= 0.6 is 27.5 Å². The predicted molar refractivity (Wildman–Crippen MR) is 158 cm³/mol. The maximum absolute atomic E-state index is 15.8. The lowest BCUT2D eigenvalue weighted by Gasteiger charge is -2.40. The van der Waals surface area contributed by atoms with E-state index >= 15 is 4.39 Å². The second kappa shape index (κ2) is 11.8. The molecule has 7 nitrogen and oxygen atoms in total. The van der Waals surface area contributed by atoms with Crippen molar-refractivity contribution in [3.05, 3.63) is 75.4 Å². The van der Waals surface area contributed by atoms with Gasteiger partial charge >= 0.3 is 0 Å². The van der Waals surface area contributed by atoms with Crippen molar-refractivity contribution in [3.63, 3.8) is 0 Å². The number of aromatic nitrogens is 3. The van der Waals surface area contributed by atoms with Gasteiger partial charge in [0.2, 0.25) is 0 Å². The van der Waals surface area contributed by atoms with Gasteiger partial charge in [-0.15, -0.1) is 0 Å². The SMILES string of the molecule is CC(C)(C)[Si](C)(C)O[C@@H]1[C@@H](CO)C[C@@H](Nc2ncncc2C(=O)c2cc(Cl)n(Cc3cccc(Br)c3)c2)[C@H]1F. The van der Waals surface area contributed by atoms with Gasteiger partial charge in [0.1, 0.15) is 23.5 Å². The number of ketones is 1. The lowest BCUT2D eigenvalue weighted by Crippen LogP contribution is -2.48. The summed E-state index contributed by atoms with van der Waals surface area (Å²) in [5.74, 6) is -0.448. The highest BCUT2D eigenvalue weighted by Gasteiger charge is 2.49. The van der Waals surface area contributed by atoms with E-state index in [4.69, 9.17) is 16.0 Å². The van der Waals surface area contributed by atoms with Crippen molar-refractivity contribution in [2.75, 3.05) is 11.9 Å². The van der Waals surface area contributed by atoms with Crippen LogP contribution in [0, 0.1) is 5.92 Å². The third-order valence-corrected chi connectivity index (χ3v) is 13.1. The summed E-state index contributed by atoms with van der Waals surface area (Å²) in [4.78, 5) is 21.8. The molecule has 11 heteroatoms. The number of nitrogens with one attached hydrogen (secondary N) is 1. The number of hydrogen-bond donors (Lipinski definition) is 2. The van der Waals surface area contributed by atoms with E-state index in [-0.39, 0.29) is 34.7 Å². The van der Waals surface area contributed by atoms with Crippen LogP contribution in [0.4, 0.5) is 10.2 Å². The van der Waals surface area contributed by atoms with E-state index in [1.165, 1.54) is 12.5 Å². The quantitative estimate of drug-likeness (QED) is 0.206. The Morgan fingerprint density at radius 1 is 1.33 bits per heavy atom. The van der Waals surface area contributed by atoms with Crippen LogP contribution in [0.15, 0.2) is 53.5 Å². The highest BCUT2D eigenvalue weighted by molar-refractivity contribution is 9.10. The van der Waals surface area contributed by atoms with Crippen molar-refractivity contribution in [2.24, 2.45) is 5.92 Å². The lowest BCUT2D eigenvalue weighted by molar-refractivity contribution is 0.0530. The van der Waals surface area contributed by atoms with Crippen LogP contribution < -0.4 is 5.32 Å². The number of carbonyl (C=O) groups excluding carboxylic acids is 1. The molecular formula is C28H35BrClFN4O3Si. The zero-order valence-corrected chi connectivity index (χ0v) is 26.1. The monoisotopic (exact) mass is 636 g/mol. The van der Waals surface area contributed by atoms with Gasteiger partial charge in [-0.1, -0.05) is 60.4 Å². The van der Waals surface area contributed by atoms with Crippen molar-refractivity contribution >= 4 is 47.4 Å². The van der Waals surface area contributed by atoms with Gasteiger partial charge in [0.15, 0.2) is 14.1 Å². The normalized spacial score (nSPS) is 21.8. The third kappa shape index (κ3) is 6.62. The number of alkyl halides is 1. The molecule has 0 spiro atoms. The average Bonchev–Trinajstić information content (AvgIpc) is 3.37. The summed E-state index contributed by atoms with van der Waals surface area (Å²) in [6.07, 6.45) is 2.67. The minimum Gasteiger partial charge on any atom is -0.411 e. The largest absolute Gasteiger partial charge is 0.411 e. The second-order valence-electron chi connectivity index (χ2n) is 11.6. The maximum atomic E-state index is 15.8. The first-order valence-electron chi connectivity index (χ1n) is 12.9. The van der Waals surface area contributed by atoms with Crippen molar-refractivity contribution in [2.45, 2.75) is 70.2 Å². The average molecular weight is 638 g/mol. The Labute approximate surface area is 243 Å². The number of benzene rings is 1. The molecule has 1 aliphatic rings. The van der Waals surface area contributed by atoms with Gasteiger partial charge in [0, 0.05) is 41.5 Å². The minimum atomic E-state index is -2.28. The Hall–Kier alpha value is -2.11. The number of aliphatic hydroxyl groups is 1. The van der Waals surface area contributed by atoms with Crippen LogP contribution in [0.2, 0.25) is 23.3 Å². The first-order chi connectivity index (χ1) is 18.3. The predicted octanol–water partition coefficient (Wildman–Crippen LogP) is 6.49. The summed E-state index contributed by atoms with van der Waals surface area (Å²) in [6.45, 7) is 10.8. The van der Waals surface area contributed by atoms with Crippen molar-refractivity contribution in [3.8, 4) is 0 Å². The van der Waals surface area contributed by atoms with Gasteiger partial charge in [-0.25, -0.2) is 14.4 Å². The molecule has 0 amide bonds. The molecule has 1 aromatic carbocycles. The van der Waals surface area contributed by atoms with Gasteiger partial charge < -0.3 is 19.4 Å². The molecule has 0 saturated heterocycles. The third-order valence-electron chi connectivity index (χ3n) is 7.82. The fraction of sp³-hybridized carbons (Fsp3) is 0.464. The van der Waals surface area contributed by atoms with E-state index in [9.17, 15) is 9.90 Å². The van der Waals surface area contributed by atoms with Crippen LogP contribution in [0.5, 0.6) is 0 Å². The highest BCUT2D eigenvalue weighted by atomic mass is 79.9. The van der Waals surface area contributed by atoms with Crippen molar-refractivity contribution in [1.82, 2.24) is 14.5 Å². The Bertz CT molecular complexity index is 1330. The molecule has 2 heterocycles. The Morgan fingerprint density at radius 2 is 2.08 bits per heavy atom. The standard InChI is InChI=1S/C28H35BrClFN4O3Si/c1-28(2,3)39(4,5)38-26-19(15-36)10-22(24(26)31)34-27-21(12-32-16-33-27)25(37)18-11-23(30)35(14-18)13-17-7-6-8-20(29)9-17/h6-9,11-12,14,16,19,22,24,26,36H,10,13,15H2,1-5H3,(H,32,33,34)/t19-,22-,24-,26-/m1/s1. The number of rotatable bonds is 9. The number of halogens is 3. The van der Waals surface area contributed by atoms with E-state index in [0.717, 1.165) is 10.0 Å². The molecule has 0 aliphatic heterocycles. The second-order valence-corrected chi connectivity index (χ2v) is 17.7. The topological polar surface area (TPSA) is 89.3 Å². The molecule has 210 valence electrons. The van der Waals surface area contributed by atoms with E-state index in [0.29, 0.717) is 23.7 Å². The molecule has 4 rings (SSSR count). The first-order valence-corrected chi connectivity index (χ1v) is 17.0. The van der Waals surface area contributed by atoms with Crippen LogP contribution in [-0.2, 0) is 11.0 Å². The number of carbonyl (C=O) groups is 1. The summed E-state index contributed by atoms with van der Waals surface area (Å²) in [5.41, 5.74) is 1.62. The summed E-state index contributed by atoms with van der Waals surface area (Å²) in [7, 11) is -2.28. The molecule has 1 aliphatic carbocycles. The summed E-state index contributed by atoms with van der Waals surface area (Å²) in [5, 5.41) is 13.5. The van der Waals surface area contributed by atoms with E-state index in [1.54, 1.807) is 16.8 Å². The van der Waals surface area contributed by atoms with Crippen molar-refractivity contribution < 1.29 is 18.7 Å². The van der Waals surface area contributed by atoms with Gasteiger partial charge in [0.05, 0.1) is 17.7 Å². The fourth-order valence-corrected chi connectivity index (χ4v) is 6.60. The smallest absolute Gasteiger partial charge is 0.199 e. The zero-order valence-electron chi connectivity index (χ0n) is 22.8. The van der Waals surface area contributed by atoms with Gasteiger partial charge in [0.25, 0.3) is 0 Å². The van der Waals surface area contributed by atoms with Gasteiger partial charge in [-0.05, 0) is 48.3 Å². The summed E-state index contributed by atoms with van der Waals surface area (Å²) < 4.78 is 25.0. The Morgan fingerprint density at radius 3 is 2.74 bits per heavy atom. The van der Waals surface area contributed by atoms with Gasteiger partial charge in [-0.3, -0.25) is 4.79 Å². The molecule has 0 radical (unpaired) electrons. The Kier molecular flexibility index (Phi) is 9.02. The molecule has 3 aromatic rings. The molecule has 39 heavy (non-hydrogen) atoms. The minimum absolute atomic E-state index is 0.0980. The number of anilines is 1. The van der Waals surface area contributed by atoms with E-state index in [1.807, 2.05) is 24.3 Å². The fourth-order valence-electron chi connectivity index (χ4n) is 4.57. The Balaban J connectivity index is 1.54. The molecule has 2 aromatic heterocycles. The zero-order chi connectivity index (χ0) is 28.5. The number of nitrogens with zero attached hydrogens (tertiary/aromatic N) is 3. The molecular weight excluding hydrogens is 603 g/mol. The van der Waals surface area contributed by atoms with Crippen molar-refractivity contribution in [1.29, 1.82) is 0 Å².